The fraction of sp³-hybridized carbons (Fsp3) is 0.333. The van der Waals surface area contributed by atoms with Gasteiger partial charge < -0.3 is 14.7 Å². The lowest BCUT2D eigenvalue weighted by molar-refractivity contribution is 0.374. The molecule has 1 aliphatic rings. The van der Waals surface area contributed by atoms with Crippen LogP contribution < -0.4 is 9.64 Å². The van der Waals surface area contributed by atoms with Gasteiger partial charge in [-0.3, -0.25) is 0 Å². The van der Waals surface area contributed by atoms with Crippen LogP contribution >= 0.6 is 0 Å². The number of aromatic hydroxyl groups is 1. The summed E-state index contributed by atoms with van der Waals surface area (Å²) in [7, 11) is -2.12. The highest BCUT2D eigenvalue weighted by Crippen LogP contribution is 2.29. The number of ether oxygens (including phenoxy) is 1. The zero-order valence-electron chi connectivity index (χ0n) is 14.3. The molecule has 0 saturated carbocycles. The maximum Gasteiger partial charge on any atom is 0.246 e. The van der Waals surface area contributed by atoms with E-state index in [-0.39, 0.29) is 10.6 Å². The average Bonchev–Trinajstić information content (AvgIpc) is 2.62. The summed E-state index contributed by atoms with van der Waals surface area (Å²) in [4.78, 5) is 2.33. The van der Waals surface area contributed by atoms with E-state index in [0.717, 1.165) is 11.3 Å². The number of methoxy groups -OCH3 is 1. The average molecular weight is 362 g/mol. The summed E-state index contributed by atoms with van der Waals surface area (Å²) in [6.45, 7) is 3.86. The SMILES string of the molecule is COc1ccc(C)cc1S(=O)(=O)N1CCN(c2ccc(O)cc2)CC1. The lowest BCUT2D eigenvalue weighted by Gasteiger charge is -2.35. The molecule has 6 nitrogen and oxygen atoms in total. The van der Waals surface area contributed by atoms with Crippen molar-refractivity contribution in [2.45, 2.75) is 11.8 Å². The number of nitrogens with zero attached hydrogens (tertiary/aromatic N) is 2. The van der Waals surface area contributed by atoms with Crippen molar-refractivity contribution in [1.29, 1.82) is 0 Å². The molecule has 2 aromatic carbocycles. The van der Waals surface area contributed by atoms with Crippen LogP contribution in [0.4, 0.5) is 5.69 Å². The summed E-state index contributed by atoms with van der Waals surface area (Å²) in [6, 6.07) is 12.1. The van der Waals surface area contributed by atoms with Crippen LogP contribution in [0.3, 0.4) is 0 Å². The van der Waals surface area contributed by atoms with Gasteiger partial charge in [-0.1, -0.05) is 6.07 Å². The van der Waals surface area contributed by atoms with Crippen molar-refractivity contribution in [3.05, 3.63) is 48.0 Å². The molecule has 1 heterocycles. The topological polar surface area (TPSA) is 70.1 Å². The quantitative estimate of drug-likeness (QED) is 0.903. The van der Waals surface area contributed by atoms with Gasteiger partial charge in [-0.15, -0.1) is 0 Å². The second-order valence-electron chi connectivity index (χ2n) is 6.06. The summed E-state index contributed by atoms with van der Waals surface area (Å²) in [5, 5.41) is 9.38. The Kier molecular flexibility index (Phi) is 4.87. The standard InChI is InChI=1S/C18H22N2O4S/c1-14-3-8-17(24-2)18(13-14)25(22,23)20-11-9-19(10-12-20)15-4-6-16(21)7-5-15/h3-8,13,21H,9-12H2,1-2H3. The van der Waals surface area contributed by atoms with Gasteiger partial charge in [0.05, 0.1) is 7.11 Å². The number of piperazine rings is 1. The molecule has 1 saturated heterocycles. The first-order valence-electron chi connectivity index (χ1n) is 8.10. The predicted octanol–water partition coefficient (Wildman–Crippen LogP) is 2.22. The number of benzene rings is 2. The molecule has 0 aromatic heterocycles. The molecule has 2 aromatic rings. The summed E-state index contributed by atoms with van der Waals surface area (Å²) in [6.07, 6.45) is 0. The van der Waals surface area contributed by atoms with Gasteiger partial charge in [0.25, 0.3) is 0 Å². The van der Waals surface area contributed by atoms with Gasteiger partial charge in [0.1, 0.15) is 16.4 Å². The van der Waals surface area contributed by atoms with Crippen molar-refractivity contribution in [3.63, 3.8) is 0 Å². The van der Waals surface area contributed by atoms with Crippen molar-refractivity contribution >= 4 is 15.7 Å². The Morgan fingerprint density at radius 1 is 1.00 bits per heavy atom. The lowest BCUT2D eigenvalue weighted by Crippen LogP contribution is -2.48. The second kappa shape index (κ2) is 6.93. The van der Waals surface area contributed by atoms with Crippen LogP contribution in [-0.4, -0.2) is 51.1 Å². The summed E-state index contributed by atoms with van der Waals surface area (Å²) in [5.41, 5.74) is 1.85. The third-order valence-electron chi connectivity index (χ3n) is 4.39. The summed E-state index contributed by atoms with van der Waals surface area (Å²) >= 11 is 0. The van der Waals surface area contributed by atoms with Gasteiger partial charge in [0.15, 0.2) is 0 Å². The molecule has 0 bridgehead atoms. The number of phenols is 1. The molecule has 1 N–H and O–H groups in total. The van der Waals surface area contributed by atoms with Gasteiger partial charge in [0, 0.05) is 31.9 Å². The van der Waals surface area contributed by atoms with Gasteiger partial charge in [-0.25, -0.2) is 8.42 Å². The van der Waals surface area contributed by atoms with Crippen LogP contribution in [0.2, 0.25) is 0 Å². The highest BCUT2D eigenvalue weighted by molar-refractivity contribution is 7.89. The third-order valence-corrected chi connectivity index (χ3v) is 6.31. The van der Waals surface area contributed by atoms with Crippen LogP contribution in [0, 0.1) is 6.92 Å². The number of hydrogen-bond acceptors (Lipinski definition) is 5. The van der Waals surface area contributed by atoms with Crippen LogP contribution in [0.1, 0.15) is 5.56 Å². The zero-order valence-corrected chi connectivity index (χ0v) is 15.2. The molecule has 0 aliphatic carbocycles. The third kappa shape index (κ3) is 3.57. The minimum atomic E-state index is -3.60. The Labute approximate surface area is 148 Å². The molecule has 134 valence electrons. The van der Waals surface area contributed by atoms with Gasteiger partial charge in [-0.05, 0) is 48.9 Å². The largest absolute Gasteiger partial charge is 0.508 e. The van der Waals surface area contributed by atoms with Crippen molar-refractivity contribution < 1.29 is 18.3 Å². The highest BCUT2D eigenvalue weighted by atomic mass is 32.2. The first kappa shape index (κ1) is 17.6. The number of hydrogen-bond donors (Lipinski definition) is 1. The molecule has 0 spiro atoms. The molecule has 1 aliphatic heterocycles. The fourth-order valence-corrected chi connectivity index (χ4v) is 4.64. The zero-order chi connectivity index (χ0) is 18.0. The Morgan fingerprint density at radius 2 is 1.64 bits per heavy atom. The molecule has 7 heteroatoms. The Bertz CT molecular complexity index is 842. The molecule has 0 radical (unpaired) electrons. The molecule has 25 heavy (non-hydrogen) atoms. The van der Waals surface area contributed by atoms with Crippen LogP contribution in [-0.2, 0) is 10.0 Å². The van der Waals surface area contributed by atoms with Crippen molar-refractivity contribution in [1.82, 2.24) is 4.31 Å². The fourth-order valence-electron chi connectivity index (χ4n) is 2.97. The maximum absolute atomic E-state index is 13.0. The molecular weight excluding hydrogens is 340 g/mol. The molecule has 1 fully saturated rings. The van der Waals surface area contributed by atoms with E-state index in [2.05, 4.69) is 4.90 Å². The number of aryl methyl sites for hydroxylation is 1. The highest BCUT2D eigenvalue weighted by Gasteiger charge is 2.31. The van der Waals surface area contributed by atoms with Gasteiger partial charge >= 0.3 is 0 Å². The Hall–Kier alpha value is -2.25. The van der Waals surface area contributed by atoms with Gasteiger partial charge in [-0.2, -0.15) is 4.31 Å². The number of rotatable bonds is 4. The molecule has 0 amide bonds. The molecule has 0 unspecified atom stereocenters. The van der Waals surface area contributed by atoms with E-state index in [0.29, 0.717) is 31.9 Å². The van der Waals surface area contributed by atoms with Crippen LogP contribution in [0.5, 0.6) is 11.5 Å². The first-order valence-corrected chi connectivity index (χ1v) is 9.54. The number of anilines is 1. The van der Waals surface area contributed by atoms with E-state index in [4.69, 9.17) is 4.74 Å². The van der Waals surface area contributed by atoms with Crippen molar-refractivity contribution in [3.8, 4) is 11.5 Å². The molecular formula is C18H22N2O4S. The minimum absolute atomic E-state index is 0.216. The lowest BCUT2D eigenvalue weighted by atomic mass is 10.2. The normalized spacial score (nSPS) is 16.0. The van der Waals surface area contributed by atoms with Crippen LogP contribution in [0.15, 0.2) is 47.4 Å². The predicted molar refractivity (Wildman–Crippen MR) is 96.8 cm³/mol. The summed E-state index contributed by atoms with van der Waals surface area (Å²) in [5.74, 6) is 0.586. The van der Waals surface area contributed by atoms with E-state index >= 15 is 0 Å². The van der Waals surface area contributed by atoms with Crippen molar-refractivity contribution in [2.24, 2.45) is 0 Å². The molecule has 0 atom stereocenters. The Morgan fingerprint density at radius 3 is 2.24 bits per heavy atom. The van der Waals surface area contributed by atoms with E-state index in [1.165, 1.54) is 11.4 Å². The first-order chi connectivity index (χ1) is 11.9. The molecule has 3 rings (SSSR count). The van der Waals surface area contributed by atoms with E-state index in [1.54, 1.807) is 24.3 Å². The monoisotopic (exact) mass is 362 g/mol. The van der Waals surface area contributed by atoms with E-state index in [9.17, 15) is 13.5 Å². The minimum Gasteiger partial charge on any atom is -0.508 e. The Balaban J connectivity index is 1.78. The van der Waals surface area contributed by atoms with Crippen LogP contribution in [0.25, 0.3) is 0 Å². The van der Waals surface area contributed by atoms with Gasteiger partial charge in [0.2, 0.25) is 10.0 Å². The van der Waals surface area contributed by atoms with Crippen molar-refractivity contribution in [2.75, 3.05) is 38.2 Å². The second-order valence-corrected chi connectivity index (χ2v) is 7.97. The van der Waals surface area contributed by atoms with E-state index in [1.807, 2.05) is 25.1 Å². The maximum atomic E-state index is 13.0. The summed E-state index contributed by atoms with van der Waals surface area (Å²) < 4.78 is 32.7. The smallest absolute Gasteiger partial charge is 0.246 e. The number of phenolic OH excluding ortho intramolecular Hbond substituents is 1. The van der Waals surface area contributed by atoms with E-state index < -0.39 is 10.0 Å². The number of sulfonamides is 1.